The minimum atomic E-state index is -1.32. The zero-order chi connectivity index (χ0) is 11.9. The van der Waals surface area contributed by atoms with Gasteiger partial charge in [-0.1, -0.05) is 26.7 Å². The summed E-state index contributed by atoms with van der Waals surface area (Å²) in [5.74, 6) is 0. The average molecular weight is 230 g/mol. The van der Waals surface area contributed by atoms with Crippen LogP contribution in [0, 0.1) is 0 Å². The molecular formula is C12H30N2Si. The molecule has 0 fully saturated rings. The lowest BCUT2D eigenvalue weighted by molar-refractivity contribution is 0.387. The maximum Gasteiger partial charge on any atom is 0.200 e. The number of unbranched alkanes of at least 4 members (excludes halogenated alkanes) is 2. The summed E-state index contributed by atoms with van der Waals surface area (Å²) in [4.78, 5) is 0. The van der Waals surface area contributed by atoms with Crippen molar-refractivity contribution in [3.63, 3.8) is 0 Å². The molecule has 0 bridgehead atoms. The molecule has 15 heavy (non-hydrogen) atoms. The van der Waals surface area contributed by atoms with E-state index in [9.17, 15) is 0 Å². The van der Waals surface area contributed by atoms with Crippen molar-refractivity contribution in [2.24, 2.45) is 0 Å². The Labute approximate surface area is 97.8 Å². The molecule has 0 N–H and O–H groups in total. The second-order valence-corrected chi connectivity index (χ2v) is 9.56. The highest BCUT2D eigenvalue weighted by molar-refractivity contribution is 6.71. The topological polar surface area (TPSA) is 6.48 Å². The average Bonchev–Trinajstić information content (AvgIpc) is 2.21. The van der Waals surface area contributed by atoms with Crippen molar-refractivity contribution in [3.8, 4) is 0 Å². The van der Waals surface area contributed by atoms with E-state index in [1.807, 2.05) is 0 Å². The third-order valence-electron chi connectivity index (χ3n) is 3.56. The van der Waals surface area contributed by atoms with Crippen LogP contribution in [0.5, 0.6) is 0 Å². The Bertz CT molecular complexity index is 144. The molecule has 0 heterocycles. The van der Waals surface area contributed by atoms with Crippen molar-refractivity contribution in [2.45, 2.75) is 52.6 Å². The van der Waals surface area contributed by atoms with Gasteiger partial charge in [0, 0.05) is 0 Å². The van der Waals surface area contributed by atoms with Crippen LogP contribution in [0.3, 0.4) is 0 Å². The maximum atomic E-state index is 2.60. The molecule has 0 aliphatic heterocycles. The SMILES string of the molecule is CCCCN(C)[Si](C)(C)N(C)CCCC. The minimum Gasteiger partial charge on any atom is -0.315 e. The summed E-state index contributed by atoms with van der Waals surface area (Å²) in [6, 6.07) is 0. The van der Waals surface area contributed by atoms with Crippen LogP contribution in [-0.2, 0) is 0 Å². The summed E-state index contributed by atoms with van der Waals surface area (Å²) < 4.78 is 5.21. The molecule has 0 saturated heterocycles. The first-order chi connectivity index (χ1) is 6.96. The Balaban J connectivity index is 4.11. The van der Waals surface area contributed by atoms with Gasteiger partial charge in [-0.3, -0.25) is 0 Å². The molecule has 0 aromatic heterocycles. The highest BCUT2D eigenvalue weighted by Gasteiger charge is 2.30. The lowest BCUT2D eigenvalue weighted by Gasteiger charge is -2.41. The number of nitrogens with zero attached hydrogens (tertiary/aromatic N) is 2. The Morgan fingerprint density at radius 1 is 0.800 bits per heavy atom. The first-order valence-corrected chi connectivity index (χ1v) is 9.28. The Morgan fingerprint density at radius 3 is 1.40 bits per heavy atom. The van der Waals surface area contributed by atoms with Gasteiger partial charge in [-0.05, 0) is 53.1 Å². The highest BCUT2D eigenvalue weighted by atomic mass is 28.3. The molecule has 0 atom stereocenters. The third-order valence-corrected chi connectivity index (χ3v) is 7.75. The molecule has 3 heteroatoms. The van der Waals surface area contributed by atoms with Gasteiger partial charge < -0.3 is 9.13 Å². The second-order valence-electron chi connectivity index (χ2n) is 5.04. The standard InChI is InChI=1S/C12H30N2Si/c1-7-9-11-13(3)15(5,6)14(4)12-10-8-2/h7-12H2,1-6H3. The van der Waals surface area contributed by atoms with E-state index < -0.39 is 8.40 Å². The van der Waals surface area contributed by atoms with Crippen LogP contribution in [0.4, 0.5) is 0 Å². The first kappa shape index (κ1) is 15.1. The van der Waals surface area contributed by atoms with Crippen LogP contribution < -0.4 is 0 Å². The molecule has 0 spiro atoms. The number of hydrogen-bond donors (Lipinski definition) is 0. The fourth-order valence-electron chi connectivity index (χ4n) is 1.63. The van der Waals surface area contributed by atoms with E-state index in [1.54, 1.807) is 0 Å². The fourth-order valence-corrected chi connectivity index (χ4v) is 3.62. The highest BCUT2D eigenvalue weighted by Crippen LogP contribution is 2.13. The Morgan fingerprint density at radius 2 is 1.13 bits per heavy atom. The molecule has 2 nitrogen and oxygen atoms in total. The summed E-state index contributed by atoms with van der Waals surface area (Å²) in [6.07, 6.45) is 5.25. The van der Waals surface area contributed by atoms with Gasteiger partial charge in [-0.25, -0.2) is 0 Å². The van der Waals surface area contributed by atoms with Crippen molar-refractivity contribution in [3.05, 3.63) is 0 Å². The molecule has 0 aliphatic carbocycles. The lowest BCUT2D eigenvalue weighted by Crippen LogP contribution is -2.59. The first-order valence-electron chi connectivity index (χ1n) is 6.39. The normalized spacial score (nSPS) is 12.8. The van der Waals surface area contributed by atoms with Crippen molar-refractivity contribution < 1.29 is 0 Å². The molecule has 0 aliphatic rings. The summed E-state index contributed by atoms with van der Waals surface area (Å²) in [6.45, 7) is 12.0. The zero-order valence-corrected chi connectivity index (χ0v) is 12.6. The van der Waals surface area contributed by atoms with E-state index >= 15 is 0 Å². The second kappa shape index (κ2) is 7.42. The Kier molecular flexibility index (Phi) is 7.48. The molecule has 0 aromatic carbocycles. The fraction of sp³-hybridized carbons (Fsp3) is 1.00. The van der Waals surface area contributed by atoms with Crippen LogP contribution in [0.15, 0.2) is 0 Å². The summed E-state index contributed by atoms with van der Waals surface area (Å²) >= 11 is 0. The molecule has 0 aromatic rings. The van der Waals surface area contributed by atoms with E-state index in [4.69, 9.17) is 0 Å². The van der Waals surface area contributed by atoms with Crippen LogP contribution in [0.1, 0.15) is 39.5 Å². The van der Waals surface area contributed by atoms with Gasteiger partial charge in [-0.2, -0.15) is 0 Å². The van der Waals surface area contributed by atoms with Crippen LogP contribution in [0.2, 0.25) is 13.1 Å². The molecule has 92 valence electrons. The van der Waals surface area contributed by atoms with Gasteiger partial charge in [-0.15, -0.1) is 0 Å². The third kappa shape index (κ3) is 5.14. The van der Waals surface area contributed by atoms with Crippen LogP contribution in [0.25, 0.3) is 0 Å². The Hall–Kier alpha value is 0.137. The van der Waals surface area contributed by atoms with Crippen molar-refractivity contribution >= 4 is 8.40 Å². The van der Waals surface area contributed by atoms with Gasteiger partial charge >= 0.3 is 0 Å². The number of hydrogen-bond acceptors (Lipinski definition) is 2. The molecule has 0 saturated carbocycles. The van der Waals surface area contributed by atoms with E-state index in [-0.39, 0.29) is 0 Å². The largest absolute Gasteiger partial charge is 0.315 e. The van der Waals surface area contributed by atoms with Crippen molar-refractivity contribution in [1.29, 1.82) is 0 Å². The van der Waals surface area contributed by atoms with Gasteiger partial charge in [0.1, 0.15) is 0 Å². The number of rotatable bonds is 8. The lowest BCUT2D eigenvalue weighted by atomic mass is 10.3. The quantitative estimate of drug-likeness (QED) is 0.591. The molecule has 0 rings (SSSR count). The smallest absolute Gasteiger partial charge is 0.200 e. The van der Waals surface area contributed by atoms with Crippen molar-refractivity contribution in [1.82, 2.24) is 9.13 Å². The molecule has 0 radical (unpaired) electrons. The summed E-state index contributed by atoms with van der Waals surface area (Å²) in [5.41, 5.74) is 0. The van der Waals surface area contributed by atoms with E-state index in [2.05, 4.69) is 50.2 Å². The molecular weight excluding hydrogens is 200 g/mol. The monoisotopic (exact) mass is 230 g/mol. The predicted octanol–water partition coefficient (Wildman–Crippen LogP) is 3.15. The van der Waals surface area contributed by atoms with E-state index in [1.165, 1.54) is 38.8 Å². The summed E-state index contributed by atoms with van der Waals surface area (Å²) in [7, 11) is 3.27. The van der Waals surface area contributed by atoms with Crippen LogP contribution in [-0.4, -0.2) is 44.7 Å². The minimum absolute atomic E-state index is 1.26. The predicted molar refractivity (Wildman–Crippen MR) is 72.6 cm³/mol. The van der Waals surface area contributed by atoms with Gasteiger partial charge in [0.25, 0.3) is 0 Å². The van der Waals surface area contributed by atoms with Crippen LogP contribution >= 0.6 is 0 Å². The van der Waals surface area contributed by atoms with Gasteiger partial charge in [0.15, 0.2) is 8.40 Å². The van der Waals surface area contributed by atoms with E-state index in [0.29, 0.717) is 0 Å². The zero-order valence-electron chi connectivity index (χ0n) is 11.6. The maximum absolute atomic E-state index is 2.60. The van der Waals surface area contributed by atoms with Gasteiger partial charge in [0.05, 0.1) is 0 Å². The van der Waals surface area contributed by atoms with E-state index in [0.717, 1.165) is 0 Å². The molecule has 0 unspecified atom stereocenters. The molecule has 0 amide bonds. The van der Waals surface area contributed by atoms with Crippen molar-refractivity contribution in [2.75, 3.05) is 27.2 Å². The van der Waals surface area contributed by atoms with Gasteiger partial charge in [0.2, 0.25) is 0 Å². The summed E-state index contributed by atoms with van der Waals surface area (Å²) in [5, 5.41) is 0.